The largest absolute Gasteiger partial charge is 0.463 e. The number of rotatable bonds is 21. The number of esters is 2. The third-order valence-electron chi connectivity index (χ3n) is 5.98. The van der Waals surface area contributed by atoms with E-state index in [1.165, 1.54) is 25.2 Å². The number of benzene rings is 1. The number of hydrogen-bond donors (Lipinski definition) is 0. The Hall–Kier alpha value is -3.62. The molecule has 1 rings (SSSR count). The molecule has 0 aliphatic heterocycles. The van der Waals surface area contributed by atoms with Gasteiger partial charge in [-0.05, 0) is 75.3 Å². The van der Waals surface area contributed by atoms with Gasteiger partial charge in [0.05, 0.1) is 13.2 Å². The molecule has 1 aromatic carbocycles. The average molecular weight is 581 g/mol. The van der Waals surface area contributed by atoms with Gasteiger partial charge in [-0.2, -0.15) is 8.78 Å². The van der Waals surface area contributed by atoms with E-state index >= 15 is 0 Å². The molecule has 0 N–H and O–H groups in total. The molecular weight excluding hydrogens is 540 g/mol. The Morgan fingerprint density at radius 1 is 0.829 bits per heavy atom. The fourth-order valence-corrected chi connectivity index (χ4v) is 3.78. The highest BCUT2D eigenvalue weighted by molar-refractivity contribution is 5.81. The summed E-state index contributed by atoms with van der Waals surface area (Å²) in [7, 11) is 0. The quantitative estimate of drug-likeness (QED) is 0.0364. The molecule has 5 nitrogen and oxygen atoms in total. The van der Waals surface area contributed by atoms with E-state index in [9.17, 15) is 27.2 Å². The van der Waals surface area contributed by atoms with Crippen molar-refractivity contribution in [3.8, 4) is 0 Å². The second kappa shape index (κ2) is 19.5. The summed E-state index contributed by atoms with van der Waals surface area (Å²) in [4.78, 5) is 22.0. The molecule has 0 bridgehead atoms. The van der Waals surface area contributed by atoms with E-state index in [2.05, 4.69) is 19.7 Å². The van der Waals surface area contributed by atoms with Crippen LogP contribution in [-0.4, -0.2) is 25.2 Å². The summed E-state index contributed by atoms with van der Waals surface area (Å²) >= 11 is 0. The molecule has 0 aliphatic carbocycles. The van der Waals surface area contributed by atoms with Crippen molar-refractivity contribution in [2.75, 3.05) is 13.2 Å². The van der Waals surface area contributed by atoms with E-state index in [-0.39, 0.29) is 17.9 Å². The lowest BCUT2D eigenvalue weighted by Crippen LogP contribution is -2.21. The molecule has 0 heterocycles. The predicted octanol–water partition coefficient (Wildman–Crippen LogP) is 8.56. The number of carbonyl (C=O) groups is 2. The molecule has 0 aromatic heterocycles. The molecule has 0 amide bonds. The van der Waals surface area contributed by atoms with Gasteiger partial charge in [-0.1, -0.05) is 57.1 Å². The van der Waals surface area contributed by atoms with Gasteiger partial charge in [0.1, 0.15) is 23.0 Å². The van der Waals surface area contributed by atoms with Crippen molar-refractivity contribution in [2.45, 2.75) is 77.2 Å². The first-order chi connectivity index (χ1) is 19.5. The Labute approximate surface area is 240 Å². The lowest BCUT2D eigenvalue weighted by atomic mass is 10.0. The van der Waals surface area contributed by atoms with Crippen LogP contribution < -0.4 is 0 Å². The molecule has 0 fully saturated rings. The minimum atomic E-state index is -4.24. The van der Waals surface area contributed by atoms with Gasteiger partial charge in [0.2, 0.25) is 0 Å². The SMILES string of the molecule is C=CC(=O)OCCCCCCC(=C)C=CC(=CC)OC(F)(F)c1c(F)cc(CCCCCCOC(=O)C=C)cc1F. The summed E-state index contributed by atoms with van der Waals surface area (Å²) in [5, 5.41) is 0. The Bertz CT molecular complexity index is 1070. The minimum Gasteiger partial charge on any atom is -0.463 e. The van der Waals surface area contributed by atoms with Crippen LogP contribution in [-0.2, 0) is 36.3 Å². The summed E-state index contributed by atoms with van der Waals surface area (Å²) in [5.41, 5.74) is -0.512. The van der Waals surface area contributed by atoms with Crippen LogP contribution in [0.2, 0.25) is 0 Å². The topological polar surface area (TPSA) is 61.8 Å². The van der Waals surface area contributed by atoms with Gasteiger partial charge in [-0.3, -0.25) is 0 Å². The van der Waals surface area contributed by atoms with Crippen LogP contribution in [0.1, 0.15) is 75.8 Å². The van der Waals surface area contributed by atoms with E-state index < -0.39 is 35.2 Å². The van der Waals surface area contributed by atoms with Gasteiger partial charge in [0.25, 0.3) is 0 Å². The van der Waals surface area contributed by atoms with Crippen molar-refractivity contribution in [3.05, 3.63) is 96.3 Å². The zero-order chi connectivity index (χ0) is 30.7. The minimum absolute atomic E-state index is 0.257. The standard InChI is InChI=1S/C32H40F4O5/c1-5-26(19-18-24(4)16-12-8-10-14-20-39-29(37)6-2)41-32(35,36)31-27(33)22-25(23-28(31)34)17-13-9-11-15-21-40-30(38)7-3/h5-7,18-19,22-23H,2-4,8-17,20-21H2,1H3. The van der Waals surface area contributed by atoms with Crippen molar-refractivity contribution < 1.29 is 41.4 Å². The molecule has 0 saturated heterocycles. The number of hydrogen-bond acceptors (Lipinski definition) is 5. The molecule has 41 heavy (non-hydrogen) atoms. The smallest absolute Gasteiger partial charge is 0.432 e. The zero-order valence-corrected chi connectivity index (χ0v) is 23.7. The van der Waals surface area contributed by atoms with E-state index in [1.54, 1.807) is 0 Å². The molecule has 226 valence electrons. The van der Waals surface area contributed by atoms with E-state index in [0.29, 0.717) is 44.3 Å². The number of halogens is 4. The highest BCUT2D eigenvalue weighted by atomic mass is 19.3. The third-order valence-corrected chi connectivity index (χ3v) is 5.98. The monoisotopic (exact) mass is 580 g/mol. The van der Waals surface area contributed by atoms with Crippen molar-refractivity contribution in [3.63, 3.8) is 0 Å². The predicted molar refractivity (Wildman–Crippen MR) is 151 cm³/mol. The van der Waals surface area contributed by atoms with Crippen molar-refractivity contribution in [1.29, 1.82) is 0 Å². The van der Waals surface area contributed by atoms with E-state index in [0.717, 1.165) is 56.4 Å². The van der Waals surface area contributed by atoms with Crippen LogP contribution in [0.4, 0.5) is 17.6 Å². The zero-order valence-electron chi connectivity index (χ0n) is 23.7. The molecule has 0 radical (unpaired) electrons. The van der Waals surface area contributed by atoms with Crippen molar-refractivity contribution in [1.82, 2.24) is 0 Å². The van der Waals surface area contributed by atoms with Crippen LogP contribution in [0, 0.1) is 11.6 Å². The Balaban J connectivity index is 2.56. The summed E-state index contributed by atoms with van der Waals surface area (Å²) in [6.07, 6.45) is 8.86. The first-order valence-electron chi connectivity index (χ1n) is 13.7. The second-order valence-electron chi connectivity index (χ2n) is 9.31. The summed E-state index contributed by atoms with van der Waals surface area (Å²) < 4.78 is 73.4. The number of aryl methyl sites for hydroxylation is 1. The summed E-state index contributed by atoms with van der Waals surface area (Å²) in [5.74, 6) is -3.98. The van der Waals surface area contributed by atoms with Gasteiger partial charge < -0.3 is 14.2 Å². The van der Waals surface area contributed by atoms with Crippen LogP contribution in [0.15, 0.2) is 73.6 Å². The molecule has 0 saturated carbocycles. The molecule has 9 heteroatoms. The van der Waals surface area contributed by atoms with Crippen molar-refractivity contribution in [2.24, 2.45) is 0 Å². The molecule has 1 aromatic rings. The fourth-order valence-electron chi connectivity index (χ4n) is 3.78. The Morgan fingerprint density at radius 2 is 1.34 bits per heavy atom. The molecule has 0 atom stereocenters. The number of carbonyl (C=O) groups excluding carboxylic acids is 2. The summed E-state index contributed by atoms with van der Waals surface area (Å²) in [6.45, 7) is 12.6. The Kier molecular flexibility index (Phi) is 16.8. The maximum Gasteiger partial charge on any atom is 0.432 e. The molecule has 0 spiro atoms. The maximum absolute atomic E-state index is 14.8. The first kappa shape index (κ1) is 35.4. The Morgan fingerprint density at radius 3 is 1.85 bits per heavy atom. The first-order valence-corrected chi connectivity index (χ1v) is 13.7. The maximum atomic E-state index is 14.8. The van der Waals surface area contributed by atoms with E-state index in [1.807, 2.05) is 0 Å². The van der Waals surface area contributed by atoms with Gasteiger partial charge in [-0.25, -0.2) is 18.4 Å². The summed E-state index contributed by atoms with van der Waals surface area (Å²) in [6, 6.07) is 1.80. The molecular formula is C32H40F4O5. The van der Waals surface area contributed by atoms with E-state index in [4.69, 9.17) is 14.2 Å². The number of unbranched alkanes of at least 4 members (excludes halogenated alkanes) is 6. The number of ether oxygens (including phenoxy) is 3. The lowest BCUT2D eigenvalue weighted by Gasteiger charge is -2.20. The molecule has 0 unspecified atom stereocenters. The van der Waals surface area contributed by atoms with Crippen LogP contribution in [0.25, 0.3) is 0 Å². The lowest BCUT2D eigenvalue weighted by molar-refractivity contribution is -0.224. The number of alkyl halides is 2. The highest BCUT2D eigenvalue weighted by Crippen LogP contribution is 2.36. The fraction of sp³-hybridized carbons (Fsp3) is 0.438. The van der Waals surface area contributed by atoms with Gasteiger partial charge in [0, 0.05) is 12.2 Å². The third kappa shape index (κ3) is 14.5. The number of allylic oxidation sites excluding steroid dienone is 4. The highest BCUT2D eigenvalue weighted by Gasteiger charge is 2.41. The average Bonchev–Trinajstić information content (AvgIpc) is 2.93. The van der Waals surface area contributed by atoms with Gasteiger partial charge in [-0.15, -0.1) is 0 Å². The second-order valence-corrected chi connectivity index (χ2v) is 9.31. The van der Waals surface area contributed by atoms with Crippen molar-refractivity contribution >= 4 is 11.9 Å². The van der Waals surface area contributed by atoms with Gasteiger partial charge in [0.15, 0.2) is 0 Å². The van der Waals surface area contributed by atoms with Crippen LogP contribution in [0.3, 0.4) is 0 Å². The van der Waals surface area contributed by atoms with Crippen LogP contribution in [0.5, 0.6) is 0 Å². The van der Waals surface area contributed by atoms with Gasteiger partial charge >= 0.3 is 18.0 Å². The normalized spacial score (nSPS) is 11.8. The molecule has 0 aliphatic rings. The van der Waals surface area contributed by atoms with Crippen LogP contribution >= 0.6 is 0 Å².